The third-order valence-corrected chi connectivity index (χ3v) is 7.94. The summed E-state index contributed by atoms with van der Waals surface area (Å²) in [5, 5.41) is 2.89. The van der Waals surface area contributed by atoms with Crippen LogP contribution in [0.4, 0.5) is 24.7 Å². The first-order valence-corrected chi connectivity index (χ1v) is 14.0. The van der Waals surface area contributed by atoms with E-state index in [9.17, 15) is 27.6 Å². The molecule has 1 aliphatic heterocycles. The molecule has 0 spiro atoms. The lowest BCUT2D eigenvalue weighted by molar-refractivity contribution is -0.128. The summed E-state index contributed by atoms with van der Waals surface area (Å²) in [7, 11) is 0. The highest BCUT2D eigenvalue weighted by atomic mass is 19.3. The van der Waals surface area contributed by atoms with E-state index < -0.39 is 41.7 Å². The van der Waals surface area contributed by atoms with Crippen LogP contribution >= 0.6 is 0 Å². The van der Waals surface area contributed by atoms with Crippen LogP contribution < -0.4 is 15.1 Å². The van der Waals surface area contributed by atoms with Crippen molar-refractivity contribution in [2.24, 2.45) is 0 Å². The molecule has 1 saturated heterocycles. The molecule has 1 saturated carbocycles. The first kappa shape index (κ1) is 29.2. The Bertz CT molecular complexity index is 1440. The summed E-state index contributed by atoms with van der Waals surface area (Å²) in [5.74, 6) is -4.31. The Labute approximate surface area is 241 Å². The van der Waals surface area contributed by atoms with Crippen molar-refractivity contribution in [3.63, 3.8) is 0 Å². The number of aryl methyl sites for hydroxylation is 1. The molecule has 2 aromatic carbocycles. The topological polar surface area (TPSA) is 95.5 Å². The summed E-state index contributed by atoms with van der Waals surface area (Å²) < 4.78 is 42.2. The molecule has 11 heteroatoms. The van der Waals surface area contributed by atoms with Gasteiger partial charge in [-0.05, 0) is 55.5 Å². The zero-order valence-corrected chi connectivity index (χ0v) is 23.2. The number of alkyl halides is 2. The molecule has 2 unspecified atom stereocenters. The minimum absolute atomic E-state index is 0.102. The Hall–Kier alpha value is -4.28. The van der Waals surface area contributed by atoms with Gasteiger partial charge in [0, 0.05) is 55.8 Å². The van der Waals surface area contributed by atoms with Crippen molar-refractivity contribution >= 4 is 29.2 Å². The van der Waals surface area contributed by atoms with Gasteiger partial charge < -0.3 is 5.32 Å². The van der Waals surface area contributed by atoms with Gasteiger partial charge in [-0.1, -0.05) is 30.3 Å². The molecule has 42 heavy (non-hydrogen) atoms. The smallest absolute Gasteiger partial charge is 0.248 e. The van der Waals surface area contributed by atoms with E-state index in [4.69, 9.17) is 0 Å². The molecule has 1 aromatic heterocycles. The first-order chi connectivity index (χ1) is 20.1. The summed E-state index contributed by atoms with van der Waals surface area (Å²) in [4.78, 5) is 52.1. The second kappa shape index (κ2) is 12.3. The molecule has 2 atom stereocenters. The van der Waals surface area contributed by atoms with E-state index in [2.05, 4.69) is 15.3 Å². The quantitative estimate of drug-likeness (QED) is 0.392. The number of carbonyl (C=O) groups is 3. The van der Waals surface area contributed by atoms with Crippen LogP contribution in [0.2, 0.25) is 0 Å². The zero-order chi connectivity index (χ0) is 29.9. The van der Waals surface area contributed by atoms with Gasteiger partial charge in [0.25, 0.3) is 0 Å². The van der Waals surface area contributed by atoms with Crippen LogP contribution in [0, 0.1) is 12.7 Å². The number of anilines is 2. The number of carbonyl (C=O) groups excluding carboxylic acids is 3. The minimum Gasteiger partial charge on any atom is -0.351 e. The van der Waals surface area contributed by atoms with Crippen molar-refractivity contribution in [3.05, 3.63) is 84.1 Å². The number of hydrogen-bond acceptors (Lipinski definition) is 5. The molecule has 2 aliphatic rings. The van der Waals surface area contributed by atoms with E-state index in [1.165, 1.54) is 46.6 Å². The Morgan fingerprint density at radius 1 is 1.10 bits per heavy atom. The first-order valence-electron chi connectivity index (χ1n) is 14.0. The molecule has 5 rings (SSSR count). The molecule has 3 amide bonds. The van der Waals surface area contributed by atoms with Crippen molar-refractivity contribution in [2.75, 3.05) is 9.80 Å². The van der Waals surface area contributed by atoms with Gasteiger partial charge in [0.05, 0.1) is 6.20 Å². The maximum Gasteiger partial charge on any atom is 0.248 e. The number of amides is 3. The van der Waals surface area contributed by atoms with Crippen LogP contribution in [0.15, 0.2) is 67.1 Å². The molecule has 2 heterocycles. The van der Waals surface area contributed by atoms with Crippen molar-refractivity contribution in [1.82, 2.24) is 15.3 Å². The largest absolute Gasteiger partial charge is 0.351 e. The number of rotatable bonds is 8. The van der Waals surface area contributed by atoms with Gasteiger partial charge >= 0.3 is 0 Å². The number of benzene rings is 2. The van der Waals surface area contributed by atoms with Gasteiger partial charge in [-0.2, -0.15) is 0 Å². The molecular formula is C31H32F3N5O3. The number of aromatic nitrogens is 2. The predicted octanol–water partition coefficient (Wildman–Crippen LogP) is 5.28. The molecule has 1 N–H and O–H groups in total. The van der Waals surface area contributed by atoms with Gasteiger partial charge in [-0.15, -0.1) is 0 Å². The predicted molar refractivity (Wildman–Crippen MR) is 150 cm³/mol. The lowest BCUT2D eigenvalue weighted by Crippen LogP contribution is -2.49. The van der Waals surface area contributed by atoms with Gasteiger partial charge in [-0.3, -0.25) is 29.2 Å². The van der Waals surface area contributed by atoms with Crippen LogP contribution in [-0.4, -0.2) is 45.7 Å². The zero-order valence-electron chi connectivity index (χ0n) is 23.2. The molecule has 3 aromatic rings. The van der Waals surface area contributed by atoms with E-state index in [1.807, 2.05) is 0 Å². The van der Waals surface area contributed by atoms with Gasteiger partial charge in [0.1, 0.15) is 11.9 Å². The monoisotopic (exact) mass is 579 g/mol. The van der Waals surface area contributed by atoms with Crippen molar-refractivity contribution < 1.29 is 27.6 Å². The standard InChI is InChI=1S/C31H32F3N5O3/c1-20-5-2-3-8-25(20)29(30(42)37-22-11-13-31(33,34)14-12-22)39(23-7-4-6-21(32)17-23)28(41)18-24-9-10-27(40)38(24)26-19-35-15-16-36-26/h2-8,15-17,19,22,24,29H,9-14,18H2,1H3,(H,37,42). The van der Waals surface area contributed by atoms with E-state index in [-0.39, 0.29) is 50.1 Å². The molecule has 1 aliphatic carbocycles. The fraction of sp³-hybridized carbons (Fsp3) is 0.387. The Kier molecular flexibility index (Phi) is 8.56. The molecule has 0 bridgehead atoms. The SMILES string of the molecule is Cc1ccccc1C(C(=O)NC1CCC(F)(F)CC1)N(C(=O)CC1CCC(=O)N1c1cnccn1)c1cccc(F)c1. The molecule has 8 nitrogen and oxygen atoms in total. The Morgan fingerprint density at radius 2 is 1.86 bits per heavy atom. The number of nitrogens with zero attached hydrogens (tertiary/aromatic N) is 4. The van der Waals surface area contributed by atoms with E-state index in [0.29, 0.717) is 17.8 Å². The maximum atomic E-state index is 14.5. The molecule has 0 radical (unpaired) electrons. The highest BCUT2D eigenvalue weighted by molar-refractivity contribution is 6.03. The van der Waals surface area contributed by atoms with Crippen molar-refractivity contribution in [3.8, 4) is 0 Å². The lowest BCUT2D eigenvalue weighted by Gasteiger charge is -2.36. The van der Waals surface area contributed by atoms with Gasteiger partial charge in [0.2, 0.25) is 23.6 Å². The van der Waals surface area contributed by atoms with Crippen molar-refractivity contribution in [1.29, 1.82) is 0 Å². The Balaban J connectivity index is 1.51. The molecule has 2 fully saturated rings. The Morgan fingerprint density at radius 3 is 2.55 bits per heavy atom. The third-order valence-electron chi connectivity index (χ3n) is 7.94. The number of nitrogens with one attached hydrogen (secondary N) is 1. The summed E-state index contributed by atoms with van der Waals surface area (Å²) in [5.41, 5.74) is 1.40. The second-order valence-electron chi connectivity index (χ2n) is 10.9. The lowest BCUT2D eigenvalue weighted by atomic mass is 9.91. The average Bonchev–Trinajstić information content (AvgIpc) is 3.33. The van der Waals surface area contributed by atoms with Gasteiger partial charge in [0.15, 0.2) is 5.82 Å². The second-order valence-corrected chi connectivity index (χ2v) is 10.9. The van der Waals surface area contributed by atoms with E-state index in [1.54, 1.807) is 37.3 Å². The van der Waals surface area contributed by atoms with Crippen LogP contribution in [0.3, 0.4) is 0 Å². The number of halogens is 3. The van der Waals surface area contributed by atoms with E-state index in [0.717, 1.165) is 5.56 Å². The van der Waals surface area contributed by atoms with Crippen LogP contribution in [-0.2, 0) is 14.4 Å². The highest BCUT2D eigenvalue weighted by Crippen LogP contribution is 2.36. The van der Waals surface area contributed by atoms with Crippen molar-refractivity contribution in [2.45, 2.75) is 75.9 Å². The summed E-state index contributed by atoms with van der Waals surface area (Å²) >= 11 is 0. The fourth-order valence-electron chi connectivity index (χ4n) is 5.79. The fourth-order valence-corrected chi connectivity index (χ4v) is 5.79. The number of hydrogen-bond donors (Lipinski definition) is 1. The molecular weight excluding hydrogens is 547 g/mol. The average molecular weight is 580 g/mol. The maximum absolute atomic E-state index is 14.5. The summed E-state index contributed by atoms with van der Waals surface area (Å²) in [6.07, 6.45) is 4.34. The minimum atomic E-state index is -2.77. The van der Waals surface area contributed by atoms with Gasteiger partial charge in [-0.25, -0.2) is 18.2 Å². The normalized spacial score (nSPS) is 19.4. The molecule has 220 valence electrons. The summed E-state index contributed by atoms with van der Waals surface area (Å²) in [6.45, 7) is 1.80. The third kappa shape index (κ3) is 6.45. The van der Waals surface area contributed by atoms with Crippen LogP contribution in [0.5, 0.6) is 0 Å². The highest BCUT2D eigenvalue weighted by Gasteiger charge is 2.41. The van der Waals surface area contributed by atoms with Crippen LogP contribution in [0.25, 0.3) is 0 Å². The van der Waals surface area contributed by atoms with Crippen LogP contribution in [0.1, 0.15) is 62.1 Å². The van der Waals surface area contributed by atoms with E-state index >= 15 is 0 Å². The summed E-state index contributed by atoms with van der Waals surface area (Å²) in [6, 6.07) is 10.2.